The molecular formula is C19H19F3N4OS. The van der Waals surface area contributed by atoms with Crippen molar-refractivity contribution in [1.29, 1.82) is 0 Å². The molecule has 0 saturated heterocycles. The predicted octanol–water partition coefficient (Wildman–Crippen LogP) is 4.19. The predicted molar refractivity (Wildman–Crippen MR) is 105 cm³/mol. The molecule has 0 atom stereocenters. The van der Waals surface area contributed by atoms with Crippen LogP contribution in [0.5, 0.6) is 5.75 Å². The van der Waals surface area contributed by atoms with Crippen LogP contribution in [0, 0.1) is 0 Å². The van der Waals surface area contributed by atoms with Gasteiger partial charge in [-0.3, -0.25) is 4.99 Å². The third-order valence-corrected chi connectivity index (χ3v) is 4.89. The number of halogens is 3. The second-order valence-corrected chi connectivity index (χ2v) is 6.89. The van der Waals surface area contributed by atoms with Gasteiger partial charge in [-0.1, -0.05) is 18.2 Å². The number of aliphatic imine (C=N–C) groups is 1. The van der Waals surface area contributed by atoms with Crippen LogP contribution in [0.15, 0.2) is 46.8 Å². The second-order valence-electron chi connectivity index (χ2n) is 5.95. The summed E-state index contributed by atoms with van der Waals surface area (Å²) in [6.07, 6.45) is -4.42. The molecule has 0 unspecified atom stereocenters. The highest BCUT2D eigenvalue weighted by atomic mass is 32.1. The lowest BCUT2D eigenvalue weighted by Crippen LogP contribution is -2.36. The molecule has 0 aliphatic rings. The van der Waals surface area contributed by atoms with Crippen LogP contribution >= 0.6 is 11.3 Å². The molecule has 9 heteroatoms. The zero-order chi connectivity index (χ0) is 20.1. The largest absolute Gasteiger partial charge is 0.497 e. The Morgan fingerprint density at radius 2 is 1.82 bits per heavy atom. The van der Waals surface area contributed by atoms with Crippen LogP contribution in [0.2, 0.25) is 0 Å². The van der Waals surface area contributed by atoms with Crippen molar-refractivity contribution in [1.82, 2.24) is 15.6 Å². The number of fused-ring (bicyclic) bond motifs is 1. The number of thiazole rings is 1. The zero-order valence-electron chi connectivity index (χ0n) is 15.3. The summed E-state index contributed by atoms with van der Waals surface area (Å²) in [7, 11) is 3.23. The number of ether oxygens (including phenoxy) is 1. The van der Waals surface area contributed by atoms with Crippen molar-refractivity contribution >= 4 is 28.1 Å². The van der Waals surface area contributed by atoms with Gasteiger partial charge in [-0.15, -0.1) is 11.3 Å². The molecule has 0 saturated carbocycles. The Hall–Kier alpha value is -2.81. The summed E-state index contributed by atoms with van der Waals surface area (Å²) in [5, 5.41) is 9.65. The highest BCUT2D eigenvalue weighted by molar-refractivity contribution is 7.09. The SMILES string of the molecule is CN=C(NCc1ccc2cc(OC)ccc2c1)NCc1nc(C(F)(F)F)cs1. The Morgan fingerprint density at radius 3 is 2.50 bits per heavy atom. The molecule has 0 aliphatic carbocycles. The molecular weight excluding hydrogens is 389 g/mol. The fourth-order valence-corrected chi connectivity index (χ4v) is 3.34. The maximum atomic E-state index is 12.6. The van der Waals surface area contributed by atoms with Crippen molar-refractivity contribution in [2.75, 3.05) is 14.2 Å². The van der Waals surface area contributed by atoms with Gasteiger partial charge in [0, 0.05) is 19.0 Å². The number of guanidine groups is 1. The summed E-state index contributed by atoms with van der Waals surface area (Å²) in [6.45, 7) is 0.686. The van der Waals surface area contributed by atoms with Crippen LogP contribution in [0.1, 0.15) is 16.3 Å². The topological polar surface area (TPSA) is 58.5 Å². The summed E-state index contributed by atoms with van der Waals surface area (Å²) in [6, 6.07) is 11.9. The average Bonchev–Trinajstić information content (AvgIpc) is 3.17. The van der Waals surface area contributed by atoms with E-state index in [1.54, 1.807) is 14.2 Å². The first-order valence-corrected chi connectivity index (χ1v) is 9.30. The molecule has 5 nitrogen and oxygen atoms in total. The van der Waals surface area contributed by atoms with E-state index >= 15 is 0 Å². The Labute approximate surface area is 164 Å². The van der Waals surface area contributed by atoms with Crippen molar-refractivity contribution in [3.63, 3.8) is 0 Å². The van der Waals surface area contributed by atoms with Crippen LogP contribution in [0.25, 0.3) is 10.8 Å². The molecule has 0 fully saturated rings. The van der Waals surface area contributed by atoms with Crippen LogP contribution in [0.4, 0.5) is 13.2 Å². The number of hydrogen-bond acceptors (Lipinski definition) is 4. The van der Waals surface area contributed by atoms with Crippen molar-refractivity contribution in [3.8, 4) is 5.75 Å². The average molecular weight is 408 g/mol. The minimum Gasteiger partial charge on any atom is -0.497 e. The van der Waals surface area contributed by atoms with E-state index in [9.17, 15) is 13.2 Å². The minimum absolute atomic E-state index is 0.165. The summed E-state index contributed by atoms with van der Waals surface area (Å²) in [5.74, 6) is 1.29. The van der Waals surface area contributed by atoms with Gasteiger partial charge in [-0.2, -0.15) is 13.2 Å². The van der Waals surface area contributed by atoms with E-state index < -0.39 is 11.9 Å². The molecule has 1 aromatic heterocycles. The summed E-state index contributed by atoms with van der Waals surface area (Å²) in [5.41, 5.74) is 0.180. The number of hydrogen-bond donors (Lipinski definition) is 2. The fraction of sp³-hybridized carbons (Fsp3) is 0.263. The summed E-state index contributed by atoms with van der Waals surface area (Å²) >= 11 is 0.961. The van der Waals surface area contributed by atoms with E-state index in [4.69, 9.17) is 4.74 Å². The second kappa shape index (κ2) is 8.47. The normalized spacial score (nSPS) is 12.2. The number of rotatable bonds is 5. The number of nitrogens with zero attached hydrogens (tertiary/aromatic N) is 2. The molecule has 148 valence electrons. The smallest absolute Gasteiger partial charge is 0.434 e. The first kappa shape index (κ1) is 19.9. The van der Waals surface area contributed by atoms with Gasteiger partial charge in [0.2, 0.25) is 0 Å². The Kier molecular flexibility index (Phi) is 6.03. The standard InChI is InChI=1S/C19H19F3N4OS/c1-23-18(25-10-17-26-16(11-28-17)19(20,21)22)24-9-12-3-4-14-8-15(27-2)6-5-13(14)7-12/h3-8,11H,9-10H2,1-2H3,(H2,23,24,25). The van der Waals surface area contributed by atoms with E-state index in [1.165, 1.54) is 0 Å². The van der Waals surface area contributed by atoms with Crippen molar-refractivity contribution in [2.24, 2.45) is 4.99 Å². The maximum absolute atomic E-state index is 12.6. The quantitative estimate of drug-likeness (QED) is 0.491. The lowest BCUT2D eigenvalue weighted by molar-refractivity contribution is -0.140. The molecule has 0 amide bonds. The number of benzene rings is 2. The molecule has 3 rings (SSSR count). The number of nitrogens with one attached hydrogen (secondary N) is 2. The monoisotopic (exact) mass is 408 g/mol. The minimum atomic E-state index is -4.42. The van der Waals surface area contributed by atoms with Crippen molar-refractivity contribution in [3.05, 3.63) is 58.0 Å². The Balaban J connectivity index is 1.58. The molecule has 28 heavy (non-hydrogen) atoms. The Bertz CT molecular complexity index is 985. The third kappa shape index (κ3) is 4.92. The van der Waals surface area contributed by atoms with Gasteiger partial charge in [-0.05, 0) is 34.5 Å². The number of methoxy groups -OCH3 is 1. The third-order valence-electron chi connectivity index (χ3n) is 4.04. The lowest BCUT2D eigenvalue weighted by Gasteiger charge is -2.12. The first-order valence-electron chi connectivity index (χ1n) is 8.42. The molecule has 0 aliphatic heterocycles. The van der Waals surface area contributed by atoms with E-state index in [0.29, 0.717) is 17.5 Å². The van der Waals surface area contributed by atoms with Gasteiger partial charge in [0.05, 0.1) is 13.7 Å². The molecule has 2 aromatic carbocycles. The zero-order valence-corrected chi connectivity index (χ0v) is 16.1. The molecule has 0 spiro atoms. The molecule has 0 bridgehead atoms. The van der Waals surface area contributed by atoms with Crippen LogP contribution < -0.4 is 15.4 Å². The van der Waals surface area contributed by atoms with E-state index in [2.05, 4.69) is 26.7 Å². The van der Waals surface area contributed by atoms with E-state index in [1.807, 2.05) is 30.3 Å². The molecule has 2 N–H and O–H groups in total. The van der Waals surface area contributed by atoms with Crippen LogP contribution in [0.3, 0.4) is 0 Å². The van der Waals surface area contributed by atoms with E-state index in [0.717, 1.165) is 38.8 Å². The summed E-state index contributed by atoms with van der Waals surface area (Å²) in [4.78, 5) is 7.68. The molecule has 1 heterocycles. The van der Waals surface area contributed by atoms with E-state index in [-0.39, 0.29) is 6.54 Å². The highest BCUT2D eigenvalue weighted by Crippen LogP contribution is 2.29. The van der Waals surface area contributed by atoms with Gasteiger partial charge < -0.3 is 15.4 Å². The lowest BCUT2D eigenvalue weighted by atomic mass is 10.1. The van der Waals surface area contributed by atoms with Crippen LogP contribution in [-0.2, 0) is 19.3 Å². The Morgan fingerprint density at radius 1 is 1.11 bits per heavy atom. The highest BCUT2D eigenvalue weighted by Gasteiger charge is 2.33. The summed E-state index contributed by atoms with van der Waals surface area (Å²) < 4.78 is 43.1. The fourth-order valence-electron chi connectivity index (χ4n) is 2.60. The van der Waals surface area contributed by atoms with Gasteiger partial charge in [0.1, 0.15) is 10.8 Å². The van der Waals surface area contributed by atoms with Crippen molar-refractivity contribution in [2.45, 2.75) is 19.3 Å². The molecule has 3 aromatic rings. The van der Waals surface area contributed by atoms with Gasteiger partial charge in [-0.25, -0.2) is 4.98 Å². The number of alkyl halides is 3. The van der Waals surface area contributed by atoms with Gasteiger partial charge in [0.25, 0.3) is 0 Å². The number of aromatic nitrogens is 1. The molecule has 0 radical (unpaired) electrons. The first-order chi connectivity index (χ1) is 13.4. The van der Waals surface area contributed by atoms with Crippen molar-refractivity contribution < 1.29 is 17.9 Å². The van der Waals surface area contributed by atoms with Gasteiger partial charge >= 0.3 is 6.18 Å². The van der Waals surface area contributed by atoms with Crippen LogP contribution in [-0.4, -0.2) is 25.1 Å². The maximum Gasteiger partial charge on any atom is 0.434 e. The van der Waals surface area contributed by atoms with Gasteiger partial charge in [0.15, 0.2) is 11.7 Å².